The summed E-state index contributed by atoms with van der Waals surface area (Å²) in [5, 5.41) is 13.9. The van der Waals surface area contributed by atoms with E-state index < -0.39 is 0 Å². The Kier molecular flexibility index (Phi) is 2.86. The van der Waals surface area contributed by atoms with E-state index in [0.29, 0.717) is 18.1 Å². The SMILES string of the molecule is c1cc2[nH]nc(C3CC3)c2cc1-c1cnc2ccc(N3C[C@@H]4C[C@H]3CO4)nn12. The minimum absolute atomic E-state index is 0.356. The number of aromatic amines is 1. The number of fused-ring (bicyclic) bond motifs is 4. The molecule has 2 bridgehead atoms. The molecule has 0 amide bonds. The van der Waals surface area contributed by atoms with Gasteiger partial charge in [0.15, 0.2) is 5.65 Å². The molecule has 2 atom stereocenters. The highest BCUT2D eigenvalue weighted by molar-refractivity contribution is 5.87. The van der Waals surface area contributed by atoms with Gasteiger partial charge in [0.25, 0.3) is 0 Å². The normalized spacial score (nSPS) is 24.1. The molecule has 2 aliphatic heterocycles. The first-order valence-electron chi connectivity index (χ1n) is 10.0. The molecular formula is C21H20N6O. The van der Waals surface area contributed by atoms with Crippen LogP contribution in [0.3, 0.4) is 0 Å². The second-order valence-corrected chi connectivity index (χ2v) is 8.25. The van der Waals surface area contributed by atoms with Gasteiger partial charge in [-0.25, -0.2) is 9.50 Å². The third-order valence-electron chi connectivity index (χ3n) is 6.40. The standard InChI is InChI=1S/C21H20N6O/c1-2-12(1)21-16-7-13(3-4-17(16)23-24-21)18-9-22-19-5-6-20(25-27(18)19)26-10-15-8-14(26)11-28-15/h3-7,9,12,14-15H,1-2,8,10-11H2,(H,23,24)/t14-,15-/m0/s1. The van der Waals surface area contributed by atoms with Crippen molar-refractivity contribution in [3.05, 3.63) is 42.2 Å². The van der Waals surface area contributed by atoms with Crippen molar-refractivity contribution in [3.8, 4) is 11.3 Å². The van der Waals surface area contributed by atoms with Gasteiger partial charge in [0.1, 0.15) is 5.82 Å². The number of nitrogens with one attached hydrogen (secondary N) is 1. The molecule has 2 saturated heterocycles. The van der Waals surface area contributed by atoms with Gasteiger partial charge in [-0.1, -0.05) is 6.07 Å². The number of benzene rings is 1. The Labute approximate surface area is 161 Å². The van der Waals surface area contributed by atoms with Crippen LogP contribution in [0.1, 0.15) is 30.9 Å². The van der Waals surface area contributed by atoms with Gasteiger partial charge >= 0.3 is 0 Å². The molecular weight excluding hydrogens is 352 g/mol. The maximum atomic E-state index is 5.74. The van der Waals surface area contributed by atoms with Gasteiger partial charge < -0.3 is 9.64 Å². The van der Waals surface area contributed by atoms with Crippen LogP contribution in [-0.2, 0) is 4.74 Å². The van der Waals surface area contributed by atoms with E-state index in [9.17, 15) is 0 Å². The number of hydrogen-bond acceptors (Lipinski definition) is 5. The molecule has 3 aliphatic rings. The molecule has 140 valence electrons. The quantitative estimate of drug-likeness (QED) is 0.598. The molecule has 4 aromatic rings. The maximum absolute atomic E-state index is 5.74. The van der Waals surface area contributed by atoms with Crippen molar-refractivity contribution in [1.82, 2.24) is 24.8 Å². The predicted octanol–water partition coefficient (Wildman–Crippen LogP) is 3.13. The summed E-state index contributed by atoms with van der Waals surface area (Å²) in [4.78, 5) is 6.96. The molecule has 7 rings (SSSR count). The lowest BCUT2D eigenvalue weighted by Crippen LogP contribution is -2.37. The molecule has 0 radical (unpaired) electrons. The molecule has 28 heavy (non-hydrogen) atoms. The van der Waals surface area contributed by atoms with Gasteiger partial charge in [-0.3, -0.25) is 5.10 Å². The number of ether oxygens (including phenoxy) is 1. The summed E-state index contributed by atoms with van der Waals surface area (Å²) >= 11 is 0. The third kappa shape index (κ3) is 2.10. The van der Waals surface area contributed by atoms with Crippen molar-refractivity contribution < 1.29 is 4.74 Å². The zero-order valence-corrected chi connectivity index (χ0v) is 15.4. The Bertz CT molecular complexity index is 1220. The van der Waals surface area contributed by atoms with Crippen molar-refractivity contribution in [1.29, 1.82) is 0 Å². The lowest BCUT2D eigenvalue weighted by atomic mass is 10.1. The van der Waals surface area contributed by atoms with Crippen LogP contribution in [0, 0.1) is 0 Å². The summed E-state index contributed by atoms with van der Waals surface area (Å²) in [5.74, 6) is 1.62. The fourth-order valence-electron chi connectivity index (χ4n) is 4.76. The summed E-state index contributed by atoms with van der Waals surface area (Å²) in [6, 6.07) is 11.1. The Morgan fingerprint density at radius 3 is 2.93 bits per heavy atom. The number of hydrogen-bond donors (Lipinski definition) is 1. The number of anilines is 1. The van der Waals surface area contributed by atoms with Crippen LogP contribution in [0.5, 0.6) is 0 Å². The van der Waals surface area contributed by atoms with E-state index in [0.717, 1.165) is 47.8 Å². The number of H-pyrrole nitrogens is 1. The van der Waals surface area contributed by atoms with Crippen LogP contribution in [0.2, 0.25) is 0 Å². The fraction of sp³-hybridized carbons (Fsp3) is 0.381. The highest BCUT2D eigenvalue weighted by Crippen LogP contribution is 2.42. The maximum Gasteiger partial charge on any atom is 0.154 e. The topological polar surface area (TPSA) is 71.3 Å². The van der Waals surface area contributed by atoms with E-state index in [2.05, 4.69) is 50.4 Å². The molecule has 1 N–H and O–H groups in total. The zero-order chi connectivity index (χ0) is 18.2. The highest BCUT2D eigenvalue weighted by atomic mass is 16.5. The Balaban J connectivity index is 1.35. The van der Waals surface area contributed by atoms with Crippen LogP contribution in [-0.4, -0.2) is 50.1 Å². The van der Waals surface area contributed by atoms with Crippen LogP contribution in [0.15, 0.2) is 36.5 Å². The molecule has 3 fully saturated rings. The molecule has 7 nitrogen and oxygen atoms in total. The summed E-state index contributed by atoms with van der Waals surface area (Å²) < 4.78 is 7.71. The molecule has 0 spiro atoms. The third-order valence-corrected chi connectivity index (χ3v) is 6.40. The van der Waals surface area contributed by atoms with Crippen molar-refractivity contribution >= 4 is 22.4 Å². The first-order chi connectivity index (χ1) is 13.8. The van der Waals surface area contributed by atoms with Gasteiger partial charge in [0.05, 0.1) is 41.9 Å². The molecule has 1 saturated carbocycles. The summed E-state index contributed by atoms with van der Waals surface area (Å²) in [6.07, 6.45) is 5.87. The minimum Gasteiger partial charge on any atom is -0.374 e. The second-order valence-electron chi connectivity index (χ2n) is 8.25. The van der Waals surface area contributed by atoms with E-state index in [4.69, 9.17) is 9.84 Å². The zero-order valence-electron chi connectivity index (χ0n) is 15.4. The van der Waals surface area contributed by atoms with Gasteiger partial charge in [0, 0.05) is 23.4 Å². The van der Waals surface area contributed by atoms with Gasteiger partial charge in [0.2, 0.25) is 0 Å². The van der Waals surface area contributed by atoms with Crippen molar-refractivity contribution in [2.75, 3.05) is 18.1 Å². The van der Waals surface area contributed by atoms with Crippen LogP contribution in [0.4, 0.5) is 5.82 Å². The molecule has 5 heterocycles. The largest absolute Gasteiger partial charge is 0.374 e. The Morgan fingerprint density at radius 1 is 1.14 bits per heavy atom. The predicted molar refractivity (Wildman–Crippen MR) is 106 cm³/mol. The lowest BCUT2D eigenvalue weighted by Gasteiger charge is -2.27. The van der Waals surface area contributed by atoms with E-state index in [1.165, 1.54) is 23.9 Å². The highest BCUT2D eigenvalue weighted by Gasteiger charge is 2.39. The van der Waals surface area contributed by atoms with Crippen LogP contribution < -0.4 is 4.90 Å². The molecule has 7 heteroatoms. The summed E-state index contributed by atoms with van der Waals surface area (Å²) in [7, 11) is 0. The first-order valence-corrected chi connectivity index (χ1v) is 10.0. The average molecular weight is 372 g/mol. The van der Waals surface area contributed by atoms with E-state index in [1.807, 2.05) is 10.7 Å². The lowest BCUT2D eigenvalue weighted by molar-refractivity contribution is 0.0988. The van der Waals surface area contributed by atoms with E-state index in [-0.39, 0.29) is 0 Å². The van der Waals surface area contributed by atoms with Crippen molar-refractivity contribution in [2.24, 2.45) is 0 Å². The average Bonchev–Trinajstić information content (AvgIpc) is 3.12. The van der Waals surface area contributed by atoms with Gasteiger partial charge in [-0.2, -0.15) is 5.10 Å². The van der Waals surface area contributed by atoms with Gasteiger partial charge in [-0.05, 0) is 43.5 Å². The van der Waals surface area contributed by atoms with Crippen LogP contribution in [0.25, 0.3) is 27.8 Å². The van der Waals surface area contributed by atoms with E-state index >= 15 is 0 Å². The van der Waals surface area contributed by atoms with Crippen LogP contribution >= 0.6 is 0 Å². The molecule has 1 aromatic carbocycles. The number of morpholine rings is 1. The van der Waals surface area contributed by atoms with E-state index in [1.54, 1.807) is 0 Å². The Morgan fingerprint density at radius 2 is 2.11 bits per heavy atom. The monoisotopic (exact) mass is 372 g/mol. The molecule has 1 aliphatic carbocycles. The minimum atomic E-state index is 0.356. The summed E-state index contributed by atoms with van der Waals surface area (Å²) in [5.41, 5.74) is 5.31. The number of imidazole rings is 1. The van der Waals surface area contributed by atoms with Crippen molar-refractivity contribution in [2.45, 2.75) is 37.3 Å². The van der Waals surface area contributed by atoms with Gasteiger partial charge in [-0.15, -0.1) is 5.10 Å². The molecule has 0 unspecified atom stereocenters. The summed E-state index contributed by atoms with van der Waals surface area (Å²) in [6.45, 7) is 1.74. The smallest absolute Gasteiger partial charge is 0.154 e. The number of rotatable bonds is 3. The number of aromatic nitrogens is 5. The first kappa shape index (κ1) is 15.0. The fourth-order valence-corrected chi connectivity index (χ4v) is 4.76. The second kappa shape index (κ2) is 5.32. The van der Waals surface area contributed by atoms with Crippen molar-refractivity contribution in [3.63, 3.8) is 0 Å². The number of nitrogens with zero attached hydrogens (tertiary/aromatic N) is 5. The molecule has 3 aromatic heterocycles. The Hall–Kier alpha value is -2.93.